The molecule has 1 atom stereocenters. The lowest BCUT2D eigenvalue weighted by atomic mass is 10.1. The lowest BCUT2D eigenvalue weighted by molar-refractivity contribution is 0.372. The van der Waals surface area contributed by atoms with Crippen LogP contribution in [0.25, 0.3) is 0 Å². The smallest absolute Gasteiger partial charge is 0.0462 e. The van der Waals surface area contributed by atoms with Crippen LogP contribution in [0.2, 0.25) is 0 Å². The molecule has 0 radical (unpaired) electrons. The van der Waals surface area contributed by atoms with Gasteiger partial charge >= 0.3 is 0 Å². The van der Waals surface area contributed by atoms with Crippen LogP contribution in [0.1, 0.15) is 12.8 Å². The first-order valence-corrected chi connectivity index (χ1v) is 5.17. The van der Waals surface area contributed by atoms with E-state index in [4.69, 9.17) is 0 Å². The van der Waals surface area contributed by atoms with Gasteiger partial charge in [-0.15, -0.1) is 6.58 Å². The fourth-order valence-corrected chi connectivity index (χ4v) is 2.11. The lowest BCUT2D eigenvalue weighted by Crippen LogP contribution is -2.23. The van der Waals surface area contributed by atoms with E-state index in [-0.39, 0.29) is 0 Å². The molecule has 0 bridgehead atoms. The molecule has 0 fully saturated rings. The first-order chi connectivity index (χ1) is 6.79. The van der Waals surface area contributed by atoms with Gasteiger partial charge in [-0.2, -0.15) is 0 Å². The summed E-state index contributed by atoms with van der Waals surface area (Å²) in [5.41, 5.74) is 2.99. The van der Waals surface area contributed by atoms with E-state index in [1.54, 1.807) is 0 Å². The molecule has 2 aliphatic rings. The predicted molar refractivity (Wildman–Crippen MR) is 61.2 cm³/mol. The highest BCUT2D eigenvalue weighted by Crippen LogP contribution is 2.23. The van der Waals surface area contributed by atoms with Crippen LogP contribution in [-0.2, 0) is 0 Å². The molecule has 1 aliphatic heterocycles. The maximum absolute atomic E-state index is 3.84. The molecule has 1 heterocycles. The second-order valence-electron chi connectivity index (χ2n) is 4.06. The van der Waals surface area contributed by atoms with Gasteiger partial charge in [0.15, 0.2) is 0 Å². The van der Waals surface area contributed by atoms with Gasteiger partial charge in [0, 0.05) is 12.6 Å². The summed E-state index contributed by atoms with van der Waals surface area (Å²) in [6.07, 6.45) is 13.3. The number of nitrogens with zero attached hydrogens (tertiary/aromatic N) is 1. The van der Waals surface area contributed by atoms with Crippen molar-refractivity contribution in [2.24, 2.45) is 0 Å². The molecule has 1 nitrogen and oxygen atoms in total. The minimum atomic E-state index is 0.441. The molecule has 1 aliphatic carbocycles. The zero-order valence-electron chi connectivity index (χ0n) is 8.74. The van der Waals surface area contributed by atoms with Gasteiger partial charge in [-0.1, -0.05) is 36.0 Å². The van der Waals surface area contributed by atoms with Gasteiger partial charge in [0.2, 0.25) is 0 Å². The Morgan fingerprint density at radius 2 is 2.50 bits per heavy atom. The van der Waals surface area contributed by atoms with Crippen molar-refractivity contribution in [3.63, 3.8) is 0 Å². The van der Waals surface area contributed by atoms with E-state index in [1.165, 1.54) is 11.1 Å². The summed E-state index contributed by atoms with van der Waals surface area (Å²) in [5.74, 6) is 0. The van der Waals surface area contributed by atoms with E-state index in [9.17, 15) is 0 Å². The molecule has 2 rings (SSSR count). The normalized spacial score (nSPS) is 26.5. The summed E-state index contributed by atoms with van der Waals surface area (Å²) >= 11 is 0. The van der Waals surface area contributed by atoms with Gasteiger partial charge in [-0.25, -0.2) is 0 Å². The van der Waals surface area contributed by atoms with Crippen molar-refractivity contribution >= 4 is 0 Å². The second-order valence-corrected chi connectivity index (χ2v) is 4.06. The van der Waals surface area contributed by atoms with Crippen LogP contribution in [0.4, 0.5) is 0 Å². The highest BCUT2D eigenvalue weighted by molar-refractivity contribution is 5.33. The van der Waals surface area contributed by atoms with Crippen LogP contribution < -0.4 is 0 Å². The van der Waals surface area contributed by atoms with Crippen LogP contribution in [0.3, 0.4) is 0 Å². The zero-order chi connectivity index (χ0) is 9.97. The third-order valence-electron chi connectivity index (χ3n) is 2.89. The van der Waals surface area contributed by atoms with E-state index in [0.29, 0.717) is 6.04 Å². The fourth-order valence-electron chi connectivity index (χ4n) is 2.11. The molecule has 0 N–H and O–H groups in total. The Morgan fingerprint density at radius 1 is 1.64 bits per heavy atom. The van der Waals surface area contributed by atoms with Gasteiger partial charge in [0.25, 0.3) is 0 Å². The Bertz CT molecular complexity index is 320. The summed E-state index contributed by atoms with van der Waals surface area (Å²) < 4.78 is 0. The molecule has 0 aromatic rings. The van der Waals surface area contributed by atoms with Gasteiger partial charge in [-0.3, -0.25) is 4.90 Å². The van der Waals surface area contributed by atoms with Crippen LogP contribution in [0, 0.1) is 0 Å². The van der Waals surface area contributed by atoms with Crippen molar-refractivity contribution in [1.29, 1.82) is 0 Å². The average molecular weight is 187 g/mol. The molecule has 74 valence electrons. The monoisotopic (exact) mass is 187 g/mol. The Balaban J connectivity index is 1.99. The molecule has 0 saturated carbocycles. The fraction of sp³-hybridized carbons (Fsp3) is 0.385. The highest BCUT2D eigenvalue weighted by atomic mass is 15.1. The second kappa shape index (κ2) is 3.97. The minimum Gasteiger partial charge on any atom is -0.293 e. The molecular weight excluding hydrogens is 170 g/mol. The third kappa shape index (κ3) is 1.88. The number of hydrogen-bond acceptors (Lipinski definition) is 1. The highest BCUT2D eigenvalue weighted by Gasteiger charge is 2.18. The molecule has 0 saturated heterocycles. The topological polar surface area (TPSA) is 3.24 Å². The van der Waals surface area contributed by atoms with Gasteiger partial charge in [0.05, 0.1) is 0 Å². The van der Waals surface area contributed by atoms with Gasteiger partial charge in [-0.05, 0) is 25.5 Å². The number of allylic oxidation sites excluding steroid dienone is 4. The largest absolute Gasteiger partial charge is 0.293 e. The maximum atomic E-state index is 3.84. The zero-order valence-corrected chi connectivity index (χ0v) is 8.74. The van der Waals surface area contributed by atoms with Gasteiger partial charge in [0.1, 0.15) is 0 Å². The summed E-state index contributed by atoms with van der Waals surface area (Å²) in [6.45, 7) is 4.93. The van der Waals surface area contributed by atoms with E-state index >= 15 is 0 Å². The van der Waals surface area contributed by atoms with Crippen molar-refractivity contribution < 1.29 is 0 Å². The number of rotatable bonds is 3. The lowest BCUT2D eigenvalue weighted by Gasteiger charge is -2.14. The van der Waals surface area contributed by atoms with Crippen LogP contribution in [0.5, 0.6) is 0 Å². The SMILES string of the molecule is C=CC1C=C(CC2=CCC=C2)CN1C. The summed E-state index contributed by atoms with van der Waals surface area (Å²) in [6, 6.07) is 0.441. The van der Waals surface area contributed by atoms with Crippen molar-refractivity contribution in [3.8, 4) is 0 Å². The standard InChI is InChI=1S/C13H17N/c1-3-13-9-12(10-14(13)2)8-11-6-4-5-7-11/h3-4,6-7,9,13H,1,5,8,10H2,2H3. The van der Waals surface area contributed by atoms with Crippen LogP contribution >= 0.6 is 0 Å². The minimum absolute atomic E-state index is 0.441. The average Bonchev–Trinajstić information content (AvgIpc) is 2.76. The van der Waals surface area contributed by atoms with Crippen molar-refractivity contribution in [3.05, 3.63) is 48.1 Å². The molecule has 0 aromatic carbocycles. The summed E-state index contributed by atoms with van der Waals surface area (Å²) in [4.78, 5) is 2.32. The Kier molecular flexibility index (Phi) is 2.69. The molecule has 1 unspecified atom stereocenters. The molecule has 14 heavy (non-hydrogen) atoms. The first-order valence-electron chi connectivity index (χ1n) is 5.17. The molecule has 0 aromatic heterocycles. The molecular formula is C13H17N. The first kappa shape index (κ1) is 9.47. The Hall–Kier alpha value is -1.08. The molecule has 1 heteroatoms. The number of likely N-dealkylation sites (N-methyl/N-ethyl adjacent to an activating group) is 1. The Labute approximate surface area is 86.1 Å². The van der Waals surface area contributed by atoms with Crippen molar-refractivity contribution in [2.75, 3.05) is 13.6 Å². The predicted octanol–water partition coefficient (Wildman–Crippen LogP) is 2.69. The van der Waals surface area contributed by atoms with E-state index in [1.807, 2.05) is 6.08 Å². The third-order valence-corrected chi connectivity index (χ3v) is 2.89. The summed E-state index contributed by atoms with van der Waals surface area (Å²) in [5, 5.41) is 0. The van der Waals surface area contributed by atoms with Crippen LogP contribution in [0.15, 0.2) is 48.1 Å². The maximum Gasteiger partial charge on any atom is 0.0462 e. The molecule has 0 spiro atoms. The van der Waals surface area contributed by atoms with E-state index in [2.05, 4.69) is 42.8 Å². The van der Waals surface area contributed by atoms with Crippen LogP contribution in [-0.4, -0.2) is 24.5 Å². The molecule has 0 amide bonds. The Morgan fingerprint density at radius 3 is 3.07 bits per heavy atom. The number of hydrogen-bond donors (Lipinski definition) is 0. The van der Waals surface area contributed by atoms with E-state index < -0.39 is 0 Å². The quantitative estimate of drug-likeness (QED) is 0.614. The van der Waals surface area contributed by atoms with Crippen molar-refractivity contribution in [1.82, 2.24) is 4.90 Å². The summed E-state index contributed by atoms with van der Waals surface area (Å²) in [7, 11) is 2.15. The van der Waals surface area contributed by atoms with Crippen molar-refractivity contribution in [2.45, 2.75) is 18.9 Å². The van der Waals surface area contributed by atoms with Gasteiger partial charge < -0.3 is 0 Å². The van der Waals surface area contributed by atoms with E-state index in [0.717, 1.165) is 19.4 Å².